The Labute approximate surface area is 89.3 Å². The van der Waals surface area contributed by atoms with Gasteiger partial charge in [0.05, 0.1) is 5.56 Å². The van der Waals surface area contributed by atoms with Gasteiger partial charge in [-0.25, -0.2) is 0 Å². The van der Waals surface area contributed by atoms with Crippen molar-refractivity contribution in [1.82, 2.24) is 5.32 Å². The van der Waals surface area contributed by atoms with Crippen LogP contribution in [0.1, 0.15) is 36.0 Å². The van der Waals surface area contributed by atoms with E-state index in [1.54, 1.807) is 11.3 Å². The number of hydrogen-bond donors (Lipinski definition) is 1. The van der Waals surface area contributed by atoms with Gasteiger partial charge in [-0.3, -0.25) is 4.79 Å². The van der Waals surface area contributed by atoms with Gasteiger partial charge in [0.2, 0.25) is 0 Å². The van der Waals surface area contributed by atoms with Crippen LogP contribution in [-0.2, 0) is 6.42 Å². The number of hydrogen-bond acceptors (Lipinski definition) is 2. The molecule has 1 N–H and O–H groups in total. The minimum atomic E-state index is 0.0405. The summed E-state index contributed by atoms with van der Waals surface area (Å²) < 4.78 is 0. The summed E-state index contributed by atoms with van der Waals surface area (Å²) in [5.74, 6) is 0.689. The van der Waals surface area contributed by atoms with Gasteiger partial charge in [0.25, 0.3) is 5.91 Å². The molecule has 2 nitrogen and oxygen atoms in total. The van der Waals surface area contributed by atoms with Crippen LogP contribution in [0.3, 0.4) is 0 Å². The lowest BCUT2D eigenvalue weighted by Crippen LogP contribution is -2.21. The van der Waals surface area contributed by atoms with E-state index in [0.717, 1.165) is 12.0 Å². The van der Waals surface area contributed by atoms with E-state index in [4.69, 9.17) is 0 Å². The average Bonchev–Trinajstić information content (AvgIpc) is 2.52. The van der Waals surface area contributed by atoms with Crippen LogP contribution >= 0.6 is 11.3 Å². The van der Waals surface area contributed by atoms with Crippen molar-refractivity contribution in [2.75, 3.05) is 6.54 Å². The molecular weight excluding hydrogens is 194 g/mol. The van der Waals surface area contributed by atoms with Gasteiger partial charge in [-0.05, 0) is 25.3 Å². The molecule has 1 amide bonds. The Bertz CT molecular complexity index is 304. The van der Waals surface area contributed by atoms with Crippen LogP contribution in [0.2, 0.25) is 0 Å². The predicted molar refractivity (Wildman–Crippen MR) is 60.9 cm³/mol. The van der Waals surface area contributed by atoms with Crippen LogP contribution in [0.15, 0.2) is 11.4 Å². The average molecular weight is 211 g/mol. The molecule has 14 heavy (non-hydrogen) atoms. The van der Waals surface area contributed by atoms with Crippen LogP contribution in [0, 0.1) is 5.92 Å². The summed E-state index contributed by atoms with van der Waals surface area (Å²) in [5.41, 5.74) is 0.799. The van der Waals surface area contributed by atoms with E-state index in [0.29, 0.717) is 12.5 Å². The first kappa shape index (κ1) is 11.2. The third-order valence-electron chi connectivity index (χ3n) is 1.86. The van der Waals surface area contributed by atoms with Gasteiger partial charge in [0, 0.05) is 16.8 Å². The van der Waals surface area contributed by atoms with Crippen molar-refractivity contribution in [3.8, 4) is 0 Å². The van der Waals surface area contributed by atoms with Gasteiger partial charge in [0.1, 0.15) is 0 Å². The fraction of sp³-hybridized carbons (Fsp3) is 0.545. The molecule has 1 aromatic rings. The van der Waals surface area contributed by atoms with Crippen molar-refractivity contribution in [3.05, 3.63) is 21.9 Å². The summed E-state index contributed by atoms with van der Waals surface area (Å²) in [6.45, 7) is 6.99. The first-order valence-electron chi connectivity index (χ1n) is 4.99. The molecule has 1 rings (SSSR count). The molecular formula is C11H17NOS. The molecule has 0 fully saturated rings. The first-order valence-corrected chi connectivity index (χ1v) is 5.87. The minimum absolute atomic E-state index is 0.0405. The normalized spacial score (nSPS) is 10.6. The highest BCUT2D eigenvalue weighted by molar-refractivity contribution is 7.10. The van der Waals surface area contributed by atoms with Crippen LogP contribution in [-0.4, -0.2) is 12.5 Å². The molecule has 0 saturated heterocycles. The van der Waals surface area contributed by atoms with E-state index < -0.39 is 0 Å². The predicted octanol–water partition coefficient (Wildman–Crippen LogP) is 2.70. The molecule has 0 aliphatic carbocycles. The monoisotopic (exact) mass is 211 g/mol. The van der Waals surface area contributed by atoms with Gasteiger partial charge in [-0.2, -0.15) is 0 Å². The maximum atomic E-state index is 11.4. The highest BCUT2D eigenvalue weighted by atomic mass is 32.1. The largest absolute Gasteiger partial charge is 0.352 e. The zero-order valence-corrected chi connectivity index (χ0v) is 9.78. The molecule has 0 aliphatic heterocycles. The molecule has 0 atom stereocenters. The Morgan fingerprint density at radius 1 is 1.57 bits per heavy atom. The van der Waals surface area contributed by atoms with Crippen molar-refractivity contribution in [3.63, 3.8) is 0 Å². The molecule has 0 saturated carbocycles. The second-order valence-electron chi connectivity index (χ2n) is 3.76. The van der Waals surface area contributed by atoms with Gasteiger partial charge >= 0.3 is 0 Å². The Morgan fingerprint density at radius 2 is 2.29 bits per heavy atom. The standard InChI is InChI=1S/C11H17NOS/c1-4-12-11(13)9-6-10(14-7-9)5-8(2)3/h6-8H,4-5H2,1-3H3,(H,12,13). The smallest absolute Gasteiger partial charge is 0.252 e. The summed E-state index contributed by atoms with van der Waals surface area (Å²) in [5, 5.41) is 4.73. The number of rotatable bonds is 4. The quantitative estimate of drug-likeness (QED) is 0.815. The minimum Gasteiger partial charge on any atom is -0.352 e. The number of carbonyl (C=O) groups is 1. The second-order valence-corrected chi connectivity index (χ2v) is 4.75. The number of amides is 1. The molecule has 0 aliphatic rings. The summed E-state index contributed by atoms with van der Waals surface area (Å²) in [6.07, 6.45) is 1.06. The van der Waals surface area contributed by atoms with Crippen molar-refractivity contribution in [2.45, 2.75) is 27.2 Å². The lowest BCUT2D eigenvalue weighted by Gasteiger charge is -2.00. The van der Waals surface area contributed by atoms with Crippen LogP contribution in [0.4, 0.5) is 0 Å². The van der Waals surface area contributed by atoms with Crippen molar-refractivity contribution in [2.24, 2.45) is 5.92 Å². The molecule has 1 aromatic heterocycles. The Hall–Kier alpha value is -0.830. The molecule has 0 bridgehead atoms. The first-order chi connectivity index (χ1) is 6.63. The molecule has 0 aromatic carbocycles. The Morgan fingerprint density at radius 3 is 2.86 bits per heavy atom. The Balaban J connectivity index is 2.63. The van der Waals surface area contributed by atoms with Crippen LogP contribution in [0.5, 0.6) is 0 Å². The van der Waals surface area contributed by atoms with E-state index in [9.17, 15) is 4.79 Å². The van der Waals surface area contributed by atoms with E-state index in [1.165, 1.54) is 4.88 Å². The molecule has 78 valence electrons. The SMILES string of the molecule is CCNC(=O)c1csc(CC(C)C)c1. The lowest BCUT2D eigenvalue weighted by molar-refractivity contribution is 0.0956. The van der Waals surface area contributed by atoms with E-state index in [2.05, 4.69) is 19.2 Å². The van der Waals surface area contributed by atoms with Crippen molar-refractivity contribution < 1.29 is 4.79 Å². The number of carbonyl (C=O) groups excluding carboxylic acids is 1. The maximum absolute atomic E-state index is 11.4. The maximum Gasteiger partial charge on any atom is 0.252 e. The Kier molecular flexibility index (Phi) is 4.14. The lowest BCUT2D eigenvalue weighted by atomic mass is 10.1. The number of nitrogens with one attached hydrogen (secondary N) is 1. The molecule has 0 radical (unpaired) electrons. The fourth-order valence-electron chi connectivity index (χ4n) is 1.27. The highest BCUT2D eigenvalue weighted by Crippen LogP contribution is 2.18. The van der Waals surface area contributed by atoms with Crippen molar-refractivity contribution in [1.29, 1.82) is 0 Å². The number of thiophene rings is 1. The van der Waals surface area contributed by atoms with Crippen molar-refractivity contribution >= 4 is 17.2 Å². The third-order valence-corrected chi connectivity index (χ3v) is 2.82. The third kappa shape index (κ3) is 3.14. The summed E-state index contributed by atoms with van der Waals surface area (Å²) in [6, 6.07) is 2.00. The van der Waals surface area contributed by atoms with Gasteiger partial charge < -0.3 is 5.32 Å². The molecule has 0 unspecified atom stereocenters. The molecule has 1 heterocycles. The zero-order chi connectivity index (χ0) is 10.6. The van der Waals surface area contributed by atoms with Gasteiger partial charge in [-0.1, -0.05) is 13.8 Å². The molecule has 3 heteroatoms. The zero-order valence-electron chi connectivity index (χ0n) is 8.96. The van der Waals surface area contributed by atoms with E-state index in [-0.39, 0.29) is 5.91 Å². The topological polar surface area (TPSA) is 29.1 Å². The van der Waals surface area contributed by atoms with Gasteiger partial charge in [0.15, 0.2) is 0 Å². The van der Waals surface area contributed by atoms with E-state index >= 15 is 0 Å². The summed E-state index contributed by atoms with van der Waals surface area (Å²) in [7, 11) is 0. The highest BCUT2D eigenvalue weighted by Gasteiger charge is 2.08. The summed E-state index contributed by atoms with van der Waals surface area (Å²) in [4.78, 5) is 12.7. The van der Waals surface area contributed by atoms with Crippen LogP contribution in [0.25, 0.3) is 0 Å². The second kappa shape index (κ2) is 5.15. The molecule has 0 spiro atoms. The van der Waals surface area contributed by atoms with E-state index in [1.807, 2.05) is 18.4 Å². The van der Waals surface area contributed by atoms with Gasteiger partial charge in [-0.15, -0.1) is 11.3 Å². The summed E-state index contributed by atoms with van der Waals surface area (Å²) >= 11 is 1.67. The van der Waals surface area contributed by atoms with Crippen LogP contribution < -0.4 is 5.32 Å². The fourth-order valence-corrected chi connectivity index (χ4v) is 2.35.